The molecule has 1 aromatic carbocycles. The molecular formula is C18H21ClN4O4. The highest BCUT2D eigenvalue weighted by atomic mass is 35.5. The van der Waals surface area contributed by atoms with Gasteiger partial charge in [0.2, 0.25) is 0 Å². The van der Waals surface area contributed by atoms with E-state index in [9.17, 15) is 9.59 Å². The number of carboxylic acid groups (broad SMARTS) is 1. The number of carbonyl (C=O) groups excluding carboxylic acids is 1. The third-order valence-electron chi connectivity index (χ3n) is 4.25. The lowest BCUT2D eigenvalue weighted by Gasteiger charge is -2.34. The highest BCUT2D eigenvalue weighted by Gasteiger charge is 2.27. The van der Waals surface area contributed by atoms with Crippen molar-refractivity contribution in [2.24, 2.45) is 0 Å². The largest absolute Gasteiger partial charge is 0.480 e. The van der Waals surface area contributed by atoms with Gasteiger partial charge in [0.05, 0.1) is 36.7 Å². The van der Waals surface area contributed by atoms with Crippen molar-refractivity contribution in [2.45, 2.75) is 6.10 Å². The minimum atomic E-state index is -0.894. The van der Waals surface area contributed by atoms with Gasteiger partial charge >= 0.3 is 5.97 Å². The number of rotatable bonds is 6. The number of benzene rings is 1. The number of likely N-dealkylation sites (N-methyl/N-ethyl adjacent to an activating group) is 1. The van der Waals surface area contributed by atoms with E-state index in [0.717, 1.165) is 5.69 Å². The normalized spacial score (nSPS) is 17.3. The van der Waals surface area contributed by atoms with E-state index in [1.54, 1.807) is 39.9 Å². The van der Waals surface area contributed by atoms with Crippen molar-refractivity contribution >= 4 is 23.5 Å². The van der Waals surface area contributed by atoms with Gasteiger partial charge in [0.1, 0.15) is 0 Å². The van der Waals surface area contributed by atoms with Crippen LogP contribution in [0.3, 0.4) is 0 Å². The average Bonchev–Trinajstić information content (AvgIpc) is 3.10. The monoisotopic (exact) mass is 392 g/mol. The SMILES string of the molecule is CN(CC(=O)O)CC1CN(C(=O)c2cnn(-c3cccc(Cl)c3)c2)CCO1. The zero-order valence-electron chi connectivity index (χ0n) is 14.9. The number of carbonyl (C=O) groups is 2. The number of carboxylic acids is 1. The van der Waals surface area contributed by atoms with Crippen molar-refractivity contribution in [3.05, 3.63) is 47.2 Å². The molecule has 0 saturated carbocycles. The summed E-state index contributed by atoms with van der Waals surface area (Å²) in [6.45, 7) is 1.68. The minimum Gasteiger partial charge on any atom is -0.480 e. The van der Waals surface area contributed by atoms with Crippen LogP contribution in [0.2, 0.25) is 5.02 Å². The summed E-state index contributed by atoms with van der Waals surface area (Å²) in [5.74, 6) is -1.02. The molecule has 1 atom stereocenters. The van der Waals surface area contributed by atoms with E-state index in [1.165, 1.54) is 6.20 Å². The lowest BCUT2D eigenvalue weighted by molar-refractivity contribution is -0.138. The number of amides is 1. The van der Waals surface area contributed by atoms with Gasteiger partial charge in [-0.25, -0.2) is 4.68 Å². The maximum Gasteiger partial charge on any atom is 0.317 e. The van der Waals surface area contributed by atoms with Crippen molar-refractivity contribution < 1.29 is 19.4 Å². The standard InChI is InChI=1S/C18H21ClN4O4/c1-21(12-17(24)25)10-16-11-22(5-6-27-16)18(26)13-8-20-23(9-13)15-4-2-3-14(19)7-15/h2-4,7-9,16H,5-6,10-12H2,1H3,(H,24,25). The number of hydrogen-bond donors (Lipinski definition) is 1. The molecule has 0 aliphatic carbocycles. The highest BCUT2D eigenvalue weighted by Crippen LogP contribution is 2.16. The molecule has 2 aromatic rings. The lowest BCUT2D eigenvalue weighted by atomic mass is 10.2. The zero-order valence-corrected chi connectivity index (χ0v) is 15.7. The van der Waals surface area contributed by atoms with Crippen LogP contribution in [-0.4, -0.2) is 82.5 Å². The number of hydrogen-bond acceptors (Lipinski definition) is 5. The predicted molar refractivity (Wildman–Crippen MR) is 99.4 cm³/mol. The summed E-state index contributed by atoms with van der Waals surface area (Å²) in [4.78, 5) is 27.0. The summed E-state index contributed by atoms with van der Waals surface area (Å²) >= 11 is 6.00. The van der Waals surface area contributed by atoms with Crippen LogP contribution >= 0.6 is 11.6 Å². The first-order valence-electron chi connectivity index (χ1n) is 8.54. The van der Waals surface area contributed by atoms with Gasteiger partial charge < -0.3 is 14.7 Å². The Kier molecular flexibility index (Phi) is 6.10. The fraction of sp³-hybridized carbons (Fsp3) is 0.389. The fourth-order valence-electron chi connectivity index (χ4n) is 3.03. The topological polar surface area (TPSA) is 87.9 Å². The van der Waals surface area contributed by atoms with Crippen molar-refractivity contribution in [3.63, 3.8) is 0 Å². The minimum absolute atomic E-state index is 0.0692. The van der Waals surface area contributed by atoms with Gasteiger partial charge in [0, 0.05) is 30.9 Å². The molecule has 1 unspecified atom stereocenters. The van der Waals surface area contributed by atoms with Crippen LogP contribution in [-0.2, 0) is 9.53 Å². The Balaban J connectivity index is 1.64. The van der Waals surface area contributed by atoms with Crippen molar-refractivity contribution in [1.29, 1.82) is 0 Å². The van der Waals surface area contributed by atoms with Gasteiger partial charge in [0.25, 0.3) is 5.91 Å². The first-order chi connectivity index (χ1) is 12.9. The number of aromatic nitrogens is 2. The van der Waals surface area contributed by atoms with Gasteiger partial charge in [-0.05, 0) is 25.2 Å². The first kappa shape index (κ1) is 19.3. The number of ether oxygens (including phenoxy) is 1. The molecule has 1 amide bonds. The molecule has 1 saturated heterocycles. The Labute approximate surface area is 161 Å². The summed E-state index contributed by atoms with van der Waals surface area (Å²) < 4.78 is 7.28. The molecule has 1 aliphatic rings. The van der Waals surface area contributed by atoms with E-state index in [4.69, 9.17) is 21.4 Å². The summed E-state index contributed by atoms with van der Waals surface area (Å²) in [5.41, 5.74) is 1.26. The number of aliphatic carboxylic acids is 1. The van der Waals surface area contributed by atoms with Crippen LogP contribution in [0.25, 0.3) is 5.69 Å². The number of nitrogens with zero attached hydrogens (tertiary/aromatic N) is 4. The predicted octanol–water partition coefficient (Wildman–Crippen LogP) is 1.38. The van der Waals surface area contributed by atoms with E-state index >= 15 is 0 Å². The Bertz CT molecular complexity index is 825. The Morgan fingerprint density at radius 1 is 1.44 bits per heavy atom. The molecular weight excluding hydrogens is 372 g/mol. The molecule has 1 fully saturated rings. The van der Waals surface area contributed by atoms with E-state index < -0.39 is 5.97 Å². The van der Waals surface area contributed by atoms with Gasteiger partial charge in [-0.15, -0.1) is 0 Å². The van der Waals surface area contributed by atoms with Crippen LogP contribution in [0.1, 0.15) is 10.4 Å². The zero-order chi connectivity index (χ0) is 19.4. The molecule has 9 heteroatoms. The molecule has 1 aliphatic heterocycles. The van der Waals surface area contributed by atoms with E-state index in [2.05, 4.69) is 5.10 Å². The Morgan fingerprint density at radius 2 is 2.26 bits per heavy atom. The maximum atomic E-state index is 12.8. The second kappa shape index (κ2) is 8.51. The molecule has 2 heterocycles. The van der Waals surface area contributed by atoms with Crippen LogP contribution in [0.4, 0.5) is 0 Å². The maximum absolute atomic E-state index is 12.8. The smallest absolute Gasteiger partial charge is 0.317 e. The molecule has 3 rings (SSSR count). The summed E-state index contributed by atoms with van der Waals surface area (Å²) in [6, 6.07) is 7.22. The third-order valence-corrected chi connectivity index (χ3v) is 4.48. The van der Waals surface area contributed by atoms with Gasteiger partial charge in [-0.1, -0.05) is 17.7 Å². The van der Waals surface area contributed by atoms with Gasteiger partial charge in [0.15, 0.2) is 0 Å². The van der Waals surface area contributed by atoms with Crippen LogP contribution in [0.15, 0.2) is 36.7 Å². The fourth-order valence-corrected chi connectivity index (χ4v) is 3.22. The summed E-state index contributed by atoms with van der Waals surface area (Å²) in [6.07, 6.45) is 2.98. The average molecular weight is 393 g/mol. The molecule has 1 aromatic heterocycles. The molecule has 144 valence electrons. The number of morpholine rings is 1. The van der Waals surface area contributed by atoms with Gasteiger partial charge in [-0.3, -0.25) is 14.5 Å². The first-order valence-corrected chi connectivity index (χ1v) is 8.92. The van der Waals surface area contributed by atoms with Crippen LogP contribution in [0, 0.1) is 0 Å². The molecule has 0 bridgehead atoms. The summed E-state index contributed by atoms with van der Waals surface area (Å²) in [7, 11) is 1.72. The second-order valence-electron chi connectivity index (χ2n) is 6.49. The molecule has 0 spiro atoms. The van der Waals surface area contributed by atoms with E-state index in [0.29, 0.717) is 36.8 Å². The Hall–Kier alpha value is -2.42. The van der Waals surface area contributed by atoms with E-state index in [1.807, 2.05) is 12.1 Å². The van der Waals surface area contributed by atoms with Crippen LogP contribution in [0.5, 0.6) is 0 Å². The van der Waals surface area contributed by atoms with Gasteiger partial charge in [-0.2, -0.15) is 5.10 Å². The summed E-state index contributed by atoms with van der Waals surface area (Å²) in [5, 5.41) is 13.7. The quantitative estimate of drug-likeness (QED) is 0.799. The van der Waals surface area contributed by atoms with Crippen molar-refractivity contribution in [1.82, 2.24) is 19.6 Å². The Morgan fingerprint density at radius 3 is 3.00 bits per heavy atom. The highest BCUT2D eigenvalue weighted by molar-refractivity contribution is 6.30. The molecule has 27 heavy (non-hydrogen) atoms. The molecule has 0 radical (unpaired) electrons. The number of halogens is 1. The molecule has 8 nitrogen and oxygen atoms in total. The van der Waals surface area contributed by atoms with Crippen molar-refractivity contribution in [3.8, 4) is 5.69 Å². The second-order valence-corrected chi connectivity index (χ2v) is 6.92. The molecule has 1 N–H and O–H groups in total. The van der Waals surface area contributed by atoms with E-state index in [-0.39, 0.29) is 18.6 Å². The lowest BCUT2D eigenvalue weighted by Crippen LogP contribution is -2.49. The van der Waals surface area contributed by atoms with Crippen LogP contribution < -0.4 is 0 Å². The third kappa shape index (κ3) is 5.06. The van der Waals surface area contributed by atoms with Crippen molar-refractivity contribution in [2.75, 3.05) is 39.8 Å².